The van der Waals surface area contributed by atoms with E-state index in [0.717, 1.165) is 21.5 Å². The SMILES string of the molecule is CCC(C)Nc1ccc(NS(=O)(=O)c2ccc(Br)s2)nn1. The summed E-state index contributed by atoms with van der Waals surface area (Å²) in [5.74, 6) is 0.806. The molecule has 1 unspecified atom stereocenters. The summed E-state index contributed by atoms with van der Waals surface area (Å²) in [5.41, 5.74) is 0. The summed E-state index contributed by atoms with van der Waals surface area (Å²) in [5, 5.41) is 11.0. The number of rotatable bonds is 6. The average Bonchev–Trinajstić information content (AvgIpc) is 2.88. The van der Waals surface area contributed by atoms with Crippen LogP contribution < -0.4 is 10.0 Å². The van der Waals surface area contributed by atoms with Crippen LogP contribution in [0.25, 0.3) is 0 Å². The molecular formula is C12H15BrN4O2S2. The first-order valence-electron chi connectivity index (χ1n) is 6.29. The maximum absolute atomic E-state index is 12.1. The van der Waals surface area contributed by atoms with Crippen LogP contribution in [0, 0.1) is 0 Å². The minimum atomic E-state index is -3.62. The largest absolute Gasteiger partial charge is 0.366 e. The van der Waals surface area contributed by atoms with Crippen LogP contribution in [0.1, 0.15) is 20.3 Å². The number of hydrogen-bond donors (Lipinski definition) is 2. The van der Waals surface area contributed by atoms with Crippen LogP contribution in [0.2, 0.25) is 0 Å². The van der Waals surface area contributed by atoms with Crippen molar-refractivity contribution >= 4 is 48.9 Å². The van der Waals surface area contributed by atoms with Gasteiger partial charge in [0.2, 0.25) is 0 Å². The molecule has 0 bridgehead atoms. The molecule has 0 saturated carbocycles. The summed E-state index contributed by atoms with van der Waals surface area (Å²) < 4.78 is 27.6. The highest BCUT2D eigenvalue weighted by molar-refractivity contribution is 9.11. The standard InChI is InChI=1S/C12H15BrN4O2S2/c1-3-8(2)14-10-5-6-11(16-15-10)17-21(18,19)12-7-4-9(13)20-12/h4-8H,3H2,1-2H3,(H,14,15)(H,16,17). The molecule has 0 spiro atoms. The Morgan fingerprint density at radius 3 is 2.43 bits per heavy atom. The van der Waals surface area contributed by atoms with E-state index < -0.39 is 10.0 Å². The van der Waals surface area contributed by atoms with Crippen LogP contribution in [0.3, 0.4) is 0 Å². The average molecular weight is 391 g/mol. The van der Waals surface area contributed by atoms with Gasteiger partial charge in [-0.2, -0.15) is 0 Å². The van der Waals surface area contributed by atoms with Crippen molar-refractivity contribution in [1.29, 1.82) is 0 Å². The lowest BCUT2D eigenvalue weighted by Crippen LogP contribution is -2.16. The predicted octanol–water partition coefficient (Wildman–Crippen LogP) is 3.31. The smallest absolute Gasteiger partial charge is 0.272 e. The van der Waals surface area contributed by atoms with Crippen molar-refractivity contribution < 1.29 is 8.42 Å². The van der Waals surface area contributed by atoms with E-state index in [9.17, 15) is 8.42 Å². The van der Waals surface area contributed by atoms with E-state index >= 15 is 0 Å². The Labute approximate surface area is 136 Å². The molecule has 114 valence electrons. The quantitative estimate of drug-likeness (QED) is 0.789. The Kier molecular flexibility index (Phi) is 5.17. The van der Waals surface area contributed by atoms with Gasteiger partial charge in [0.05, 0.1) is 3.79 Å². The number of aromatic nitrogens is 2. The van der Waals surface area contributed by atoms with Gasteiger partial charge in [0.15, 0.2) is 5.82 Å². The van der Waals surface area contributed by atoms with E-state index in [2.05, 4.69) is 43.1 Å². The monoisotopic (exact) mass is 390 g/mol. The van der Waals surface area contributed by atoms with Crippen LogP contribution in [-0.4, -0.2) is 24.7 Å². The molecule has 6 nitrogen and oxygen atoms in total. The maximum atomic E-state index is 12.1. The number of hydrogen-bond acceptors (Lipinski definition) is 6. The van der Waals surface area contributed by atoms with Crippen molar-refractivity contribution in [2.75, 3.05) is 10.0 Å². The molecule has 2 rings (SSSR count). The third-order valence-corrected chi connectivity index (χ3v) is 6.19. The minimum absolute atomic E-state index is 0.189. The Hall–Kier alpha value is -1.19. The summed E-state index contributed by atoms with van der Waals surface area (Å²) in [6, 6.07) is 6.78. The van der Waals surface area contributed by atoms with E-state index in [0.29, 0.717) is 5.82 Å². The first-order valence-corrected chi connectivity index (χ1v) is 9.38. The van der Waals surface area contributed by atoms with Crippen molar-refractivity contribution in [3.63, 3.8) is 0 Å². The predicted molar refractivity (Wildman–Crippen MR) is 88.2 cm³/mol. The Morgan fingerprint density at radius 2 is 1.90 bits per heavy atom. The van der Waals surface area contributed by atoms with Crippen molar-refractivity contribution in [2.24, 2.45) is 0 Å². The third kappa shape index (κ3) is 4.39. The summed E-state index contributed by atoms with van der Waals surface area (Å²) in [6.07, 6.45) is 0.962. The molecule has 2 aromatic heterocycles. The molecule has 0 fully saturated rings. The Bertz CT molecular complexity index is 700. The fraction of sp³-hybridized carbons (Fsp3) is 0.333. The molecule has 1 atom stereocenters. The summed E-state index contributed by atoms with van der Waals surface area (Å²) in [6.45, 7) is 4.10. The number of thiophene rings is 1. The number of nitrogens with one attached hydrogen (secondary N) is 2. The number of anilines is 2. The summed E-state index contributed by atoms with van der Waals surface area (Å²) >= 11 is 4.37. The zero-order valence-electron chi connectivity index (χ0n) is 11.5. The molecule has 0 amide bonds. The van der Waals surface area contributed by atoms with Gasteiger partial charge in [-0.1, -0.05) is 6.92 Å². The lowest BCUT2D eigenvalue weighted by atomic mass is 10.2. The molecule has 0 saturated heterocycles. The number of nitrogens with zero attached hydrogens (tertiary/aromatic N) is 2. The lowest BCUT2D eigenvalue weighted by molar-refractivity contribution is 0.603. The van der Waals surface area contributed by atoms with E-state index in [-0.39, 0.29) is 16.1 Å². The maximum Gasteiger partial charge on any atom is 0.272 e. The fourth-order valence-corrected chi connectivity index (χ4v) is 4.45. The molecule has 2 heterocycles. The van der Waals surface area contributed by atoms with Gasteiger partial charge in [0, 0.05) is 6.04 Å². The highest BCUT2D eigenvalue weighted by atomic mass is 79.9. The zero-order chi connectivity index (χ0) is 15.5. The highest BCUT2D eigenvalue weighted by Gasteiger charge is 2.17. The van der Waals surface area contributed by atoms with Crippen LogP contribution in [0.4, 0.5) is 11.6 Å². The normalized spacial score (nSPS) is 12.9. The van der Waals surface area contributed by atoms with Crippen molar-refractivity contribution in [1.82, 2.24) is 10.2 Å². The van der Waals surface area contributed by atoms with Gasteiger partial charge >= 0.3 is 0 Å². The van der Waals surface area contributed by atoms with Gasteiger partial charge in [-0.3, -0.25) is 4.72 Å². The van der Waals surface area contributed by atoms with Crippen LogP contribution >= 0.6 is 27.3 Å². The molecule has 21 heavy (non-hydrogen) atoms. The Balaban J connectivity index is 2.09. The second-order valence-corrected chi connectivity index (χ2v) is 8.79. The molecule has 0 aromatic carbocycles. The molecule has 0 aliphatic heterocycles. The van der Waals surface area contributed by atoms with Gasteiger partial charge in [0.25, 0.3) is 10.0 Å². The second kappa shape index (κ2) is 6.71. The molecule has 0 radical (unpaired) electrons. The second-order valence-electron chi connectivity index (χ2n) is 4.42. The number of sulfonamides is 1. The van der Waals surface area contributed by atoms with E-state index in [1.54, 1.807) is 18.2 Å². The molecule has 9 heteroatoms. The fourth-order valence-electron chi connectivity index (χ4n) is 1.45. The summed E-state index contributed by atoms with van der Waals surface area (Å²) in [4.78, 5) is 0. The van der Waals surface area contributed by atoms with E-state index in [4.69, 9.17) is 0 Å². The van der Waals surface area contributed by atoms with Crippen molar-refractivity contribution in [3.8, 4) is 0 Å². The zero-order valence-corrected chi connectivity index (χ0v) is 14.7. The van der Waals surface area contributed by atoms with E-state index in [1.807, 2.05) is 6.92 Å². The minimum Gasteiger partial charge on any atom is -0.366 e. The first kappa shape index (κ1) is 16.2. The van der Waals surface area contributed by atoms with Gasteiger partial charge in [-0.15, -0.1) is 21.5 Å². The van der Waals surface area contributed by atoms with Crippen LogP contribution in [0.5, 0.6) is 0 Å². The van der Waals surface area contributed by atoms with Gasteiger partial charge < -0.3 is 5.32 Å². The number of halogens is 1. The van der Waals surface area contributed by atoms with Gasteiger partial charge in [-0.05, 0) is 53.5 Å². The highest BCUT2D eigenvalue weighted by Crippen LogP contribution is 2.27. The van der Waals surface area contributed by atoms with Crippen LogP contribution in [-0.2, 0) is 10.0 Å². The topological polar surface area (TPSA) is 84.0 Å². The molecule has 0 aliphatic rings. The summed E-state index contributed by atoms with van der Waals surface area (Å²) in [7, 11) is -3.62. The third-order valence-electron chi connectivity index (χ3n) is 2.72. The Morgan fingerprint density at radius 1 is 1.24 bits per heavy atom. The van der Waals surface area contributed by atoms with E-state index in [1.165, 1.54) is 6.07 Å². The van der Waals surface area contributed by atoms with Gasteiger partial charge in [-0.25, -0.2) is 8.42 Å². The molecule has 0 aliphatic carbocycles. The van der Waals surface area contributed by atoms with Crippen LogP contribution in [0.15, 0.2) is 32.3 Å². The van der Waals surface area contributed by atoms with Gasteiger partial charge in [0.1, 0.15) is 10.0 Å². The van der Waals surface area contributed by atoms with Crippen molar-refractivity contribution in [3.05, 3.63) is 28.1 Å². The lowest BCUT2D eigenvalue weighted by Gasteiger charge is -2.11. The first-order chi connectivity index (χ1) is 9.90. The van der Waals surface area contributed by atoms with Crippen molar-refractivity contribution in [2.45, 2.75) is 30.5 Å². The molecule has 2 aromatic rings. The molecular weight excluding hydrogens is 376 g/mol. The molecule has 2 N–H and O–H groups in total.